The molecule has 0 atom stereocenters. The zero-order valence-corrected chi connectivity index (χ0v) is 8.23. The van der Waals surface area contributed by atoms with Gasteiger partial charge >= 0.3 is 0 Å². The number of nitrogens with one attached hydrogen (secondary N) is 1. The number of furan rings is 1. The summed E-state index contributed by atoms with van der Waals surface area (Å²) in [6.07, 6.45) is 4.56. The molecule has 0 aliphatic rings. The summed E-state index contributed by atoms with van der Waals surface area (Å²) in [5.41, 5.74) is 1.21. The summed E-state index contributed by atoms with van der Waals surface area (Å²) < 4.78 is 5.34. The van der Waals surface area contributed by atoms with Crippen molar-refractivity contribution in [3.8, 4) is 0 Å². The Labute approximate surface area is 87.5 Å². The number of fused-ring (bicyclic) bond motifs is 1. The van der Waals surface area contributed by atoms with Crippen LogP contribution in [0, 0.1) is 0 Å². The van der Waals surface area contributed by atoms with E-state index in [2.05, 4.69) is 23.2 Å². The molecule has 0 aliphatic heterocycles. The Balaban J connectivity index is 2.05. The second-order valence-corrected chi connectivity index (χ2v) is 3.61. The second-order valence-electron chi connectivity index (χ2n) is 3.61. The summed E-state index contributed by atoms with van der Waals surface area (Å²) in [5.74, 6) is 0.989. The SMILES string of the molecule is c1coc(Cc2[nH]cc3ccccc23)c1. The number of aromatic nitrogens is 1. The quantitative estimate of drug-likeness (QED) is 0.670. The van der Waals surface area contributed by atoms with Gasteiger partial charge in [-0.1, -0.05) is 24.3 Å². The number of aromatic amines is 1. The Bertz CT molecular complexity index is 563. The van der Waals surface area contributed by atoms with Gasteiger partial charge in [-0.05, 0) is 17.5 Å². The van der Waals surface area contributed by atoms with Gasteiger partial charge in [0.05, 0.1) is 6.26 Å². The molecule has 2 heterocycles. The molecule has 1 N–H and O–H groups in total. The minimum Gasteiger partial charge on any atom is -0.469 e. The standard InChI is InChI=1S/C13H11NO/c1-2-6-12-10(4-1)9-14-13(12)8-11-5-3-7-15-11/h1-7,9,14H,8H2. The summed E-state index contributed by atoms with van der Waals surface area (Å²) in [6.45, 7) is 0. The van der Waals surface area contributed by atoms with Crippen molar-refractivity contribution in [1.29, 1.82) is 0 Å². The monoisotopic (exact) mass is 197 g/mol. The molecular weight excluding hydrogens is 186 g/mol. The first-order valence-electron chi connectivity index (χ1n) is 5.01. The number of hydrogen-bond acceptors (Lipinski definition) is 1. The van der Waals surface area contributed by atoms with Gasteiger partial charge in [-0.15, -0.1) is 0 Å². The van der Waals surface area contributed by atoms with E-state index in [1.165, 1.54) is 16.5 Å². The highest BCUT2D eigenvalue weighted by Crippen LogP contribution is 2.20. The summed E-state index contributed by atoms with van der Waals surface area (Å²) in [4.78, 5) is 3.29. The molecule has 0 fully saturated rings. The lowest BCUT2D eigenvalue weighted by Gasteiger charge is -1.95. The van der Waals surface area contributed by atoms with Gasteiger partial charge in [-0.2, -0.15) is 0 Å². The second kappa shape index (κ2) is 3.31. The fourth-order valence-corrected chi connectivity index (χ4v) is 1.87. The maximum absolute atomic E-state index is 5.34. The van der Waals surface area contributed by atoms with Crippen LogP contribution in [0.2, 0.25) is 0 Å². The Kier molecular flexibility index (Phi) is 1.85. The van der Waals surface area contributed by atoms with Crippen LogP contribution in [0.1, 0.15) is 11.5 Å². The zero-order valence-electron chi connectivity index (χ0n) is 8.23. The normalized spacial score (nSPS) is 10.9. The molecule has 15 heavy (non-hydrogen) atoms. The lowest BCUT2D eigenvalue weighted by molar-refractivity contribution is 0.520. The molecule has 3 aromatic rings. The fourth-order valence-electron chi connectivity index (χ4n) is 1.87. The van der Waals surface area contributed by atoms with Gasteiger partial charge in [-0.3, -0.25) is 0 Å². The van der Waals surface area contributed by atoms with Gasteiger partial charge in [-0.25, -0.2) is 0 Å². The maximum atomic E-state index is 5.34. The van der Waals surface area contributed by atoms with Crippen LogP contribution in [0.4, 0.5) is 0 Å². The van der Waals surface area contributed by atoms with E-state index in [1.54, 1.807) is 6.26 Å². The van der Waals surface area contributed by atoms with Gasteiger partial charge < -0.3 is 9.40 Å². The van der Waals surface area contributed by atoms with Crippen LogP contribution in [0.3, 0.4) is 0 Å². The van der Waals surface area contributed by atoms with Crippen molar-refractivity contribution in [2.45, 2.75) is 6.42 Å². The van der Waals surface area contributed by atoms with E-state index in [0.717, 1.165) is 12.2 Å². The maximum Gasteiger partial charge on any atom is 0.109 e. The lowest BCUT2D eigenvalue weighted by Crippen LogP contribution is -1.85. The van der Waals surface area contributed by atoms with Crippen molar-refractivity contribution in [2.75, 3.05) is 0 Å². The highest BCUT2D eigenvalue weighted by Gasteiger charge is 2.04. The third-order valence-electron chi connectivity index (χ3n) is 2.62. The van der Waals surface area contributed by atoms with Gasteiger partial charge in [0.1, 0.15) is 5.76 Å². The molecule has 0 amide bonds. The van der Waals surface area contributed by atoms with Crippen LogP contribution in [-0.2, 0) is 6.42 Å². The molecule has 74 valence electrons. The van der Waals surface area contributed by atoms with Crippen LogP contribution < -0.4 is 0 Å². The first kappa shape index (κ1) is 8.36. The molecule has 0 radical (unpaired) electrons. The number of rotatable bonds is 2. The largest absolute Gasteiger partial charge is 0.469 e. The Hall–Kier alpha value is -1.96. The number of hydrogen-bond donors (Lipinski definition) is 1. The van der Waals surface area contributed by atoms with Crippen molar-refractivity contribution < 1.29 is 4.42 Å². The summed E-state index contributed by atoms with van der Waals surface area (Å²) in [7, 11) is 0. The highest BCUT2D eigenvalue weighted by atomic mass is 16.3. The number of benzene rings is 1. The first-order valence-corrected chi connectivity index (χ1v) is 5.01. The van der Waals surface area contributed by atoms with Crippen molar-refractivity contribution >= 4 is 10.8 Å². The molecule has 0 saturated heterocycles. The van der Waals surface area contributed by atoms with E-state index >= 15 is 0 Å². The Morgan fingerprint density at radius 1 is 1.07 bits per heavy atom. The average molecular weight is 197 g/mol. The fraction of sp³-hybridized carbons (Fsp3) is 0.0769. The molecule has 2 aromatic heterocycles. The molecule has 0 bridgehead atoms. The van der Waals surface area contributed by atoms with E-state index in [4.69, 9.17) is 4.42 Å². The van der Waals surface area contributed by atoms with Gasteiger partial charge in [0, 0.05) is 23.7 Å². The summed E-state index contributed by atoms with van der Waals surface area (Å²) >= 11 is 0. The molecule has 3 rings (SSSR count). The highest BCUT2D eigenvalue weighted by molar-refractivity contribution is 5.85. The van der Waals surface area contributed by atoms with Gasteiger partial charge in [0.25, 0.3) is 0 Å². The van der Waals surface area contributed by atoms with Gasteiger partial charge in [0.15, 0.2) is 0 Å². The molecule has 0 spiro atoms. The van der Waals surface area contributed by atoms with Gasteiger partial charge in [0.2, 0.25) is 0 Å². The van der Waals surface area contributed by atoms with Crippen molar-refractivity contribution in [3.63, 3.8) is 0 Å². The van der Waals surface area contributed by atoms with Crippen LogP contribution in [-0.4, -0.2) is 4.98 Å². The third-order valence-corrected chi connectivity index (χ3v) is 2.62. The predicted octanol–water partition coefficient (Wildman–Crippen LogP) is 3.35. The topological polar surface area (TPSA) is 28.9 Å². The van der Waals surface area contributed by atoms with Crippen LogP contribution in [0.25, 0.3) is 10.8 Å². The minimum absolute atomic E-state index is 0.820. The van der Waals surface area contributed by atoms with Crippen LogP contribution in [0.5, 0.6) is 0 Å². The lowest BCUT2D eigenvalue weighted by atomic mass is 10.1. The molecular formula is C13H11NO. The molecule has 0 unspecified atom stereocenters. The number of H-pyrrole nitrogens is 1. The molecule has 0 aliphatic carbocycles. The minimum atomic E-state index is 0.820. The Morgan fingerprint density at radius 2 is 2.00 bits per heavy atom. The molecule has 1 aromatic carbocycles. The van der Waals surface area contributed by atoms with Crippen molar-refractivity contribution in [2.24, 2.45) is 0 Å². The average Bonchev–Trinajstić information content (AvgIpc) is 2.89. The third kappa shape index (κ3) is 1.44. The van der Waals surface area contributed by atoms with E-state index in [1.807, 2.05) is 24.4 Å². The van der Waals surface area contributed by atoms with E-state index in [0.29, 0.717) is 0 Å². The zero-order chi connectivity index (χ0) is 10.1. The molecule has 2 nitrogen and oxygen atoms in total. The van der Waals surface area contributed by atoms with Crippen molar-refractivity contribution in [1.82, 2.24) is 4.98 Å². The molecule has 0 saturated carbocycles. The summed E-state index contributed by atoms with van der Waals surface area (Å²) in [6, 6.07) is 12.3. The van der Waals surface area contributed by atoms with E-state index < -0.39 is 0 Å². The molecule has 2 heteroatoms. The summed E-state index contributed by atoms with van der Waals surface area (Å²) in [5, 5.41) is 2.52. The Morgan fingerprint density at radius 3 is 2.87 bits per heavy atom. The van der Waals surface area contributed by atoms with Crippen molar-refractivity contribution in [3.05, 3.63) is 60.3 Å². The van der Waals surface area contributed by atoms with Crippen LogP contribution in [0.15, 0.2) is 53.3 Å². The van der Waals surface area contributed by atoms with E-state index in [9.17, 15) is 0 Å². The predicted molar refractivity (Wildman–Crippen MR) is 59.8 cm³/mol. The first-order chi connectivity index (χ1) is 7.43. The van der Waals surface area contributed by atoms with Crippen LogP contribution >= 0.6 is 0 Å². The van der Waals surface area contributed by atoms with E-state index in [-0.39, 0.29) is 0 Å². The smallest absolute Gasteiger partial charge is 0.109 e.